The first-order chi connectivity index (χ1) is 8.06. The standard InChI is InChI=1S/C14H27NO2/c1-4-17-13(16)9-7-11-15-12-8-5-6-10-14(12,2)3/h12,15H,4-11H2,1-3H3. The molecule has 0 aromatic heterocycles. The Balaban J connectivity index is 2.15. The van der Waals surface area contributed by atoms with Crippen LogP contribution in [0, 0.1) is 5.41 Å². The first kappa shape index (κ1) is 14.5. The van der Waals surface area contributed by atoms with Crippen LogP contribution >= 0.6 is 0 Å². The Morgan fingerprint density at radius 2 is 2.18 bits per heavy atom. The van der Waals surface area contributed by atoms with E-state index in [0.717, 1.165) is 13.0 Å². The molecule has 1 aliphatic rings. The summed E-state index contributed by atoms with van der Waals surface area (Å²) in [6.07, 6.45) is 6.68. The summed E-state index contributed by atoms with van der Waals surface area (Å²) in [4.78, 5) is 11.2. The number of hydrogen-bond donors (Lipinski definition) is 1. The molecule has 1 unspecified atom stereocenters. The summed E-state index contributed by atoms with van der Waals surface area (Å²) in [5.74, 6) is -0.0720. The number of carbonyl (C=O) groups is 1. The van der Waals surface area contributed by atoms with Crippen LogP contribution in [-0.4, -0.2) is 25.2 Å². The minimum Gasteiger partial charge on any atom is -0.466 e. The third kappa shape index (κ3) is 5.07. The van der Waals surface area contributed by atoms with Gasteiger partial charge in [0.15, 0.2) is 0 Å². The fourth-order valence-electron chi connectivity index (χ4n) is 2.61. The Morgan fingerprint density at radius 3 is 2.82 bits per heavy atom. The first-order valence-electron chi connectivity index (χ1n) is 6.95. The SMILES string of the molecule is CCOC(=O)CCCNC1CCCCC1(C)C. The van der Waals surface area contributed by atoms with Crippen molar-refractivity contribution in [3.63, 3.8) is 0 Å². The Hall–Kier alpha value is -0.570. The lowest BCUT2D eigenvalue weighted by atomic mass is 9.73. The van der Waals surface area contributed by atoms with Crippen molar-refractivity contribution in [2.24, 2.45) is 5.41 Å². The highest BCUT2D eigenvalue weighted by Gasteiger charge is 2.31. The van der Waals surface area contributed by atoms with E-state index in [4.69, 9.17) is 4.74 Å². The van der Waals surface area contributed by atoms with Crippen molar-refractivity contribution in [3.8, 4) is 0 Å². The quantitative estimate of drug-likeness (QED) is 0.574. The van der Waals surface area contributed by atoms with E-state index in [2.05, 4.69) is 19.2 Å². The van der Waals surface area contributed by atoms with Gasteiger partial charge in [-0.05, 0) is 38.1 Å². The number of carbonyl (C=O) groups excluding carboxylic acids is 1. The summed E-state index contributed by atoms with van der Waals surface area (Å²) in [5.41, 5.74) is 0.405. The van der Waals surface area contributed by atoms with Crippen LogP contribution in [0.1, 0.15) is 59.3 Å². The molecule has 0 aromatic carbocycles. The largest absolute Gasteiger partial charge is 0.466 e. The molecular formula is C14H27NO2. The molecule has 0 aliphatic heterocycles. The molecule has 1 aliphatic carbocycles. The van der Waals surface area contributed by atoms with Gasteiger partial charge in [0.1, 0.15) is 0 Å². The molecule has 0 bridgehead atoms. The molecule has 1 rings (SSSR count). The van der Waals surface area contributed by atoms with Gasteiger partial charge in [-0.2, -0.15) is 0 Å². The topological polar surface area (TPSA) is 38.3 Å². The second-order valence-corrected chi connectivity index (χ2v) is 5.65. The van der Waals surface area contributed by atoms with Gasteiger partial charge in [-0.15, -0.1) is 0 Å². The Labute approximate surface area is 105 Å². The molecule has 17 heavy (non-hydrogen) atoms. The van der Waals surface area contributed by atoms with Gasteiger partial charge in [-0.1, -0.05) is 26.7 Å². The molecule has 0 spiro atoms. The molecule has 3 nitrogen and oxygen atoms in total. The minimum atomic E-state index is -0.0720. The van der Waals surface area contributed by atoms with Crippen LogP contribution < -0.4 is 5.32 Å². The maximum atomic E-state index is 11.2. The van der Waals surface area contributed by atoms with E-state index in [0.29, 0.717) is 24.5 Å². The monoisotopic (exact) mass is 241 g/mol. The summed E-state index contributed by atoms with van der Waals surface area (Å²) in [7, 11) is 0. The fraction of sp³-hybridized carbons (Fsp3) is 0.929. The first-order valence-corrected chi connectivity index (χ1v) is 6.95. The van der Waals surface area contributed by atoms with E-state index in [-0.39, 0.29) is 5.97 Å². The lowest BCUT2D eigenvalue weighted by Gasteiger charge is -2.39. The summed E-state index contributed by atoms with van der Waals surface area (Å²) in [6.45, 7) is 7.94. The Kier molecular flexibility index (Phi) is 5.96. The molecule has 3 heteroatoms. The number of ether oxygens (including phenoxy) is 1. The molecule has 0 aromatic rings. The lowest BCUT2D eigenvalue weighted by molar-refractivity contribution is -0.143. The molecule has 0 radical (unpaired) electrons. The predicted molar refractivity (Wildman–Crippen MR) is 69.9 cm³/mol. The second kappa shape index (κ2) is 7.00. The second-order valence-electron chi connectivity index (χ2n) is 5.65. The van der Waals surface area contributed by atoms with Crippen molar-refractivity contribution in [2.45, 2.75) is 65.3 Å². The van der Waals surface area contributed by atoms with Gasteiger partial charge in [-0.25, -0.2) is 0 Å². The fourth-order valence-corrected chi connectivity index (χ4v) is 2.61. The van der Waals surface area contributed by atoms with Crippen LogP contribution in [0.4, 0.5) is 0 Å². The van der Waals surface area contributed by atoms with E-state index in [1.54, 1.807) is 0 Å². The van der Waals surface area contributed by atoms with Gasteiger partial charge in [0.2, 0.25) is 0 Å². The van der Waals surface area contributed by atoms with Crippen molar-refractivity contribution in [3.05, 3.63) is 0 Å². The number of esters is 1. The highest BCUT2D eigenvalue weighted by atomic mass is 16.5. The van der Waals surface area contributed by atoms with E-state index >= 15 is 0 Å². The Morgan fingerprint density at radius 1 is 1.41 bits per heavy atom. The zero-order chi connectivity index (χ0) is 12.7. The smallest absolute Gasteiger partial charge is 0.305 e. The summed E-state index contributed by atoms with van der Waals surface area (Å²) in [5, 5.41) is 3.60. The third-order valence-corrected chi connectivity index (χ3v) is 3.76. The van der Waals surface area contributed by atoms with Gasteiger partial charge < -0.3 is 10.1 Å². The maximum Gasteiger partial charge on any atom is 0.305 e. The predicted octanol–water partition coefficient (Wildman–Crippen LogP) is 2.89. The molecule has 1 saturated carbocycles. The molecular weight excluding hydrogens is 214 g/mol. The van der Waals surface area contributed by atoms with Crippen LogP contribution in [0.5, 0.6) is 0 Å². The number of hydrogen-bond acceptors (Lipinski definition) is 3. The summed E-state index contributed by atoms with van der Waals surface area (Å²) in [6, 6.07) is 0.610. The third-order valence-electron chi connectivity index (χ3n) is 3.76. The van der Waals surface area contributed by atoms with Crippen LogP contribution in [-0.2, 0) is 9.53 Å². The zero-order valence-corrected chi connectivity index (χ0v) is 11.6. The molecule has 1 fully saturated rings. The van der Waals surface area contributed by atoms with Crippen molar-refractivity contribution < 1.29 is 9.53 Å². The summed E-state index contributed by atoms with van der Waals surface area (Å²) < 4.78 is 4.91. The number of rotatable bonds is 6. The van der Waals surface area contributed by atoms with Crippen LogP contribution in [0.15, 0.2) is 0 Å². The molecule has 0 saturated heterocycles. The lowest BCUT2D eigenvalue weighted by Crippen LogP contribution is -2.44. The average Bonchev–Trinajstić information content (AvgIpc) is 2.26. The van der Waals surface area contributed by atoms with Crippen molar-refractivity contribution in [1.82, 2.24) is 5.32 Å². The molecule has 0 amide bonds. The minimum absolute atomic E-state index is 0.0720. The van der Waals surface area contributed by atoms with Crippen LogP contribution in [0.3, 0.4) is 0 Å². The van der Waals surface area contributed by atoms with Gasteiger partial charge in [0, 0.05) is 12.5 Å². The zero-order valence-electron chi connectivity index (χ0n) is 11.6. The highest BCUT2D eigenvalue weighted by Crippen LogP contribution is 2.35. The van der Waals surface area contributed by atoms with Gasteiger partial charge in [-0.3, -0.25) is 4.79 Å². The van der Waals surface area contributed by atoms with Crippen LogP contribution in [0.2, 0.25) is 0 Å². The van der Waals surface area contributed by atoms with E-state index in [1.165, 1.54) is 25.7 Å². The molecule has 1 atom stereocenters. The van der Waals surface area contributed by atoms with Crippen molar-refractivity contribution in [2.75, 3.05) is 13.2 Å². The Bertz CT molecular complexity index is 238. The van der Waals surface area contributed by atoms with Crippen molar-refractivity contribution >= 4 is 5.97 Å². The average molecular weight is 241 g/mol. The maximum absolute atomic E-state index is 11.2. The van der Waals surface area contributed by atoms with E-state index in [1.807, 2.05) is 6.92 Å². The van der Waals surface area contributed by atoms with Gasteiger partial charge >= 0.3 is 5.97 Å². The van der Waals surface area contributed by atoms with Gasteiger partial charge in [0.25, 0.3) is 0 Å². The highest BCUT2D eigenvalue weighted by molar-refractivity contribution is 5.69. The molecule has 0 heterocycles. The summed E-state index contributed by atoms with van der Waals surface area (Å²) >= 11 is 0. The van der Waals surface area contributed by atoms with Gasteiger partial charge in [0.05, 0.1) is 6.61 Å². The van der Waals surface area contributed by atoms with E-state index < -0.39 is 0 Å². The normalized spacial score (nSPS) is 23.4. The number of nitrogens with one attached hydrogen (secondary N) is 1. The molecule has 100 valence electrons. The van der Waals surface area contributed by atoms with Crippen LogP contribution in [0.25, 0.3) is 0 Å². The van der Waals surface area contributed by atoms with E-state index in [9.17, 15) is 4.79 Å². The van der Waals surface area contributed by atoms with Crippen molar-refractivity contribution in [1.29, 1.82) is 0 Å². The molecule has 1 N–H and O–H groups in total.